The number of carbonyl (C=O) groups is 3. The van der Waals surface area contributed by atoms with E-state index in [1.807, 2.05) is 36.4 Å². The summed E-state index contributed by atoms with van der Waals surface area (Å²) >= 11 is 8.10. The molecule has 4 aromatic carbocycles. The molecule has 3 atom stereocenters. The minimum absolute atomic E-state index is 0.280. The number of nitrogens with zero attached hydrogens (tertiary/aromatic N) is 2. The second-order valence-corrected chi connectivity index (χ2v) is 12.8. The second kappa shape index (κ2) is 10.8. The highest BCUT2D eigenvalue weighted by atomic mass is 35.5. The van der Waals surface area contributed by atoms with Crippen LogP contribution in [0.3, 0.4) is 0 Å². The summed E-state index contributed by atoms with van der Waals surface area (Å²) in [6.07, 6.45) is 0. The topological polar surface area (TPSA) is 88.5 Å². The Hall–Kier alpha value is -4.25. The van der Waals surface area contributed by atoms with Crippen molar-refractivity contribution in [1.29, 1.82) is 0 Å². The van der Waals surface area contributed by atoms with Gasteiger partial charge in [-0.3, -0.25) is 23.7 Å². The number of fused-ring (bicyclic) bond motifs is 3. The van der Waals surface area contributed by atoms with Crippen molar-refractivity contribution < 1.29 is 18.8 Å². The third kappa shape index (κ3) is 4.75. The zero-order chi connectivity index (χ0) is 29.8. The third-order valence-corrected chi connectivity index (χ3v) is 10.6. The lowest BCUT2D eigenvalue weighted by atomic mass is 9.83. The Bertz CT molecular complexity index is 1990. The number of hydrogen-bond acceptors (Lipinski definition) is 6. The quantitative estimate of drug-likeness (QED) is 0.231. The number of rotatable bonds is 5. The van der Waals surface area contributed by atoms with Gasteiger partial charge in [-0.05, 0) is 53.4 Å². The molecule has 11 heteroatoms. The maximum atomic E-state index is 13.9. The maximum Gasteiger partial charge on any atom is 0.308 e. The fourth-order valence-electron chi connectivity index (χ4n) is 5.80. The predicted molar refractivity (Wildman–Crippen MR) is 166 cm³/mol. The van der Waals surface area contributed by atoms with Crippen molar-refractivity contribution in [1.82, 2.24) is 4.57 Å². The molecule has 5 aromatic rings. The van der Waals surface area contributed by atoms with E-state index in [2.05, 4.69) is 5.32 Å². The molecule has 7 nitrogen and oxygen atoms in total. The number of amides is 3. The lowest BCUT2D eigenvalue weighted by Crippen LogP contribution is -2.33. The van der Waals surface area contributed by atoms with E-state index in [4.69, 9.17) is 11.6 Å². The Morgan fingerprint density at radius 2 is 1.60 bits per heavy atom. The van der Waals surface area contributed by atoms with Gasteiger partial charge in [0.15, 0.2) is 0 Å². The molecule has 0 spiro atoms. The van der Waals surface area contributed by atoms with E-state index >= 15 is 0 Å². The molecule has 2 aliphatic heterocycles. The van der Waals surface area contributed by atoms with Gasteiger partial charge in [0.05, 0.1) is 16.6 Å². The molecule has 1 saturated heterocycles. The van der Waals surface area contributed by atoms with Crippen molar-refractivity contribution in [2.75, 3.05) is 10.2 Å². The first-order chi connectivity index (χ1) is 20.8. The highest BCUT2D eigenvalue weighted by molar-refractivity contribution is 8.00. The van der Waals surface area contributed by atoms with Crippen LogP contribution in [0.15, 0.2) is 101 Å². The highest BCUT2D eigenvalue weighted by Crippen LogP contribution is 2.53. The fourth-order valence-corrected chi connectivity index (χ4v) is 8.70. The molecule has 3 heterocycles. The van der Waals surface area contributed by atoms with E-state index in [0.29, 0.717) is 31.9 Å². The Morgan fingerprint density at radius 3 is 2.37 bits per heavy atom. The molecule has 0 radical (unpaired) electrons. The van der Waals surface area contributed by atoms with Crippen molar-refractivity contribution in [2.45, 2.75) is 22.7 Å². The summed E-state index contributed by atoms with van der Waals surface area (Å²) in [6, 6.07) is 25.4. The average molecular weight is 630 g/mol. The second-order valence-electron chi connectivity index (χ2n) is 10.3. The van der Waals surface area contributed by atoms with Crippen LogP contribution in [-0.4, -0.2) is 27.5 Å². The van der Waals surface area contributed by atoms with E-state index in [1.54, 1.807) is 42.5 Å². The summed E-state index contributed by atoms with van der Waals surface area (Å²) < 4.78 is 15.3. The molecule has 7 rings (SSSR count). The highest BCUT2D eigenvalue weighted by Gasteiger charge is 2.56. The number of thioether (sulfide) groups is 1. The molecule has 1 fully saturated rings. The molecular formula is C32H21ClFN3O4S2. The normalized spacial score (nSPS) is 19.4. The molecule has 0 bridgehead atoms. The number of aromatic nitrogens is 1. The molecule has 43 heavy (non-hydrogen) atoms. The van der Waals surface area contributed by atoms with Crippen molar-refractivity contribution in [3.8, 4) is 0 Å². The summed E-state index contributed by atoms with van der Waals surface area (Å²) in [5, 5.41) is 4.81. The summed E-state index contributed by atoms with van der Waals surface area (Å²) in [5.41, 5.74) is 1.61. The van der Waals surface area contributed by atoms with E-state index in [-0.39, 0.29) is 11.4 Å². The molecule has 3 unspecified atom stereocenters. The first kappa shape index (κ1) is 27.6. The lowest BCUT2D eigenvalue weighted by Gasteiger charge is -2.30. The van der Waals surface area contributed by atoms with Gasteiger partial charge in [0, 0.05) is 26.9 Å². The molecule has 1 N–H and O–H groups in total. The zero-order valence-corrected chi connectivity index (χ0v) is 24.6. The van der Waals surface area contributed by atoms with Crippen molar-refractivity contribution in [3.05, 3.63) is 122 Å². The van der Waals surface area contributed by atoms with Crippen LogP contribution in [0.4, 0.5) is 15.8 Å². The number of anilines is 2. The van der Waals surface area contributed by atoms with E-state index in [1.165, 1.54) is 16.7 Å². The van der Waals surface area contributed by atoms with Crippen LogP contribution in [0, 0.1) is 11.7 Å². The Labute approximate surface area is 257 Å². The van der Waals surface area contributed by atoms with Crippen LogP contribution in [0.5, 0.6) is 0 Å². The van der Waals surface area contributed by atoms with Gasteiger partial charge < -0.3 is 5.32 Å². The van der Waals surface area contributed by atoms with Crippen LogP contribution in [0.2, 0.25) is 5.02 Å². The standard InChI is InChI=1S/C32H21ClFN3O4S2/c33-19-10-14-21(15-11-19)37-29(39)26-25(18-8-12-20(34)13-9-18)28-31(42-27(26)30(37)40)36(32(41)43-28)16-24(38)35-23-7-3-5-17-4-1-2-6-22(17)23/h1-15,25-27H,16H2,(H,35,38). The van der Waals surface area contributed by atoms with Gasteiger partial charge in [-0.15, -0.1) is 0 Å². The van der Waals surface area contributed by atoms with E-state index in [9.17, 15) is 23.6 Å². The lowest BCUT2D eigenvalue weighted by molar-refractivity contribution is -0.122. The van der Waals surface area contributed by atoms with Crippen LogP contribution in [0.25, 0.3) is 10.8 Å². The van der Waals surface area contributed by atoms with Crippen LogP contribution in [-0.2, 0) is 20.9 Å². The number of nitrogens with one attached hydrogen (secondary N) is 1. The number of carbonyl (C=O) groups excluding carboxylic acids is 3. The number of benzene rings is 4. The van der Waals surface area contributed by atoms with Gasteiger partial charge >= 0.3 is 4.87 Å². The number of thiazole rings is 1. The SMILES string of the molecule is O=C(Cn1c2c(sc1=O)C(c1ccc(F)cc1)C1C(=O)N(c3ccc(Cl)cc3)C(=O)C1S2)Nc1cccc2ccccc12. The van der Waals surface area contributed by atoms with Crippen LogP contribution >= 0.6 is 34.7 Å². The zero-order valence-electron chi connectivity index (χ0n) is 22.2. The minimum Gasteiger partial charge on any atom is -0.324 e. The van der Waals surface area contributed by atoms with E-state index < -0.39 is 40.6 Å². The molecule has 0 saturated carbocycles. The molecule has 3 amide bonds. The smallest absolute Gasteiger partial charge is 0.308 e. The van der Waals surface area contributed by atoms with Crippen LogP contribution < -0.4 is 15.1 Å². The summed E-state index contributed by atoms with van der Waals surface area (Å²) in [5.74, 6) is -3.20. The number of hydrogen-bond donors (Lipinski definition) is 1. The Kier molecular flexibility index (Phi) is 6.92. The summed E-state index contributed by atoms with van der Waals surface area (Å²) in [7, 11) is 0. The molecule has 2 aliphatic rings. The van der Waals surface area contributed by atoms with Gasteiger partial charge in [0.25, 0.3) is 0 Å². The van der Waals surface area contributed by atoms with Crippen molar-refractivity contribution in [2.24, 2.45) is 5.92 Å². The van der Waals surface area contributed by atoms with Crippen LogP contribution in [0.1, 0.15) is 16.4 Å². The number of halogens is 2. The van der Waals surface area contributed by atoms with Gasteiger partial charge in [-0.1, -0.05) is 83.2 Å². The monoisotopic (exact) mass is 629 g/mol. The Morgan fingerprint density at radius 1 is 0.884 bits per heavy atom. The largest absolute Gasteiger partial charge is 0.324 e. The first-order valence-corrected chi connectivity index (χ1v) is 15.4. The summed E-state index contributed by atoms with van der Waals surface area (Å²) in [6.45, 7) is -0.280. The van der Waals surface area contributed by atoms with Crippen molar-refractivity contribution >= 4 is 74.6 Å². The van der Waals surface area contributed by atoms with Gasteiger partial charge in [-0.25, -0.2) is 9.29 Å². The van der Waals surface area contributed by atoms with Gasteiger partial charge in [-0.2, -0.15) is 0 Å². The van der Waals surface area contributed by atoms with E-state index in [0.717, 1.165) is 38.8 Å². The third-order valence-electron chi connectivity index (χ3n) is 7.73. The Balaban J connectivity index is 1.28. The number of imide groups is 1. The molecular weight excluding hydrogens is 609 g/mol. The predicted octanol–water partition coefficient (Wildman–Crippen LogP) is 6.29. The maximum absolute atomic E-state index is 13.9. The minimum atomic E-state index is -0.855. The van der Waals surface area contributed by atoms with Gasteiger partial charge in [0.2, 0.25) is 17.7 Å². The fraction of sp³-hybridized carbons (Fsp3) is 0.125. The molecule has 1 aromatic heterocycles. The molecule has 214 valence electrons. The summed E-state index contributed by atoms with van der Waals surface area (Å²) in [4.78, 5) is 55.7. The average Bonchev–Trinajstić information content (AvgIpc) is 3.44. The van der Waals surface area contributed by atoms with Gasteiger partial charge in [0.1, 0.15) is 17.6 Å². The van der Waals surface area contributed by atoms with Crippen molar-refractivity contribution in [3.63, 3.8) is 0 Å². The first-order valence-electron chi connectivity index (χ1n) is 13.4. The molecule has 0 aliphatic carbocycles.